The third-order valence-corrected chi connectivity index (χ3v) is 7.26. The van der Waals surface area contributed by atoms with Gasteiger partial charge in [-0.15, -0.1) is 12.4 Å². The van der Waals surface area contributed by atoms with Crippen LogP contribution in [0.5, 0.6) is 0 Å². The van der Waals surface area contributed by atoms with E-state index in [4.69, 9.17) is 5.73 Å². The Kier molecular flexibility index (Phi) is 7.40. The van der Waals surface area contributed by atoms with Gasteiger partial charge in [0.15, 0.2) is 0 Å². The molecule has 0 unspecified atom stereocenters. The number of primary amides is 1. The SMILES string of the molecule is Cl.NC(=O)C1(c2ccccc2)CCN(CCCN2c3ccccc3C=Cc3ccccc32)CC1. The average Bonchev–Trinajstić information content (AvgIpc) is 3.02. The van der Waals surface area contributed by atoms with Crippen LogP contribution in [-0.2, 0) is 10.2 Å². The summed E-state index contributed by atoms with van der Waals surface area (Å²) in [5.41, 5.74) is 11.5. The molecular weight excluding hydrogens is 442 g/mol. The number of hydrogen-bond acceptors (Lipinski definition) is 3. The maximum absolute atomic E-state index is 12.5. The number of para-hydroxylation sites is 2. The Bertz CT molecular complexity index is 1100. The molecule has 5 rings (SSSR count). The molecular formula is C29H32ClN3O. The van der Waals surface area contributed by atoms with E-state index in [0.29, 0.717) is 0 Å². The van der Waals surface area contributed by atoms with Crippen LogP contribution in [-0.4, -0.2) is 37.0 Å². The largest absolute Gasteiger partial charge is 0.369 e. The molecule has 1 amide bonds. The number of nitrogens with zero attached hydrogens (tertiary/aromatic N) is 2. The van der Waals surface area contributed by atoms with Crippen molar-refractivity contribution >= 4 is 41.8 Å². The van der Waals surface area contributed by atoms with E-state index in [1.54, 1.807) is 0 Å². The number of benzene rings is 3. The van der Waals surface area contributed by atoms with Crippen molar-refractivity contribution in [3.05, 3.63) is 95.6 Å². The lowest BCUT2D eigenvalue weighted by atomic mass is 9.72. The van der Waals surface area contributed by atoms with E-state index < -0.39 is 5.41 Å². The number of hydrogen-bond donors (Lipinski definition) is 1. The Morgan fingerprint density at radius 1 is 0.765 bits per heavy atom. The summed E-state index contributed by atoms with van der Waals surface area (Å²) in [6.07, 6.45) is 7.05. The maximum Gasteiger partial charge on any atom is 0.228 e. The van der Waals surface area contributed by atoms with Gasteiger partial charge in [-0.1, -0.05) is 78.9 Å². The zero-order chi connectivity index (χ0) is 22.7. The van der Waals surface area contributed by atoms with Crippen molar-refractivity contribution in [3.63, 3.8) is 0 Å². The molecule has 0 atom stereocenters. The van der Waals surface area contributed by atoms with E-state index in [1.807, 2.05) is 30.3 Å². The highest BCUT2D eigenvalue weighted by Gasteiger charge is 2.41. The first kappa shape index (κ1) is 24.1. The minimum absolute atomic E-state index is 0. The van der Waals surface area contributed by atoms with Gasteiger partial charge in [0.2, 0.25) is 5.91 Å². The van der Waals surface area contributed by atoms with E-state index in [-0.39, 0.29) is 18.3 Å². The van der Waals surface area contributed by atoms with Crippen molar-refractivity contribution in [2.24, 2.45) is 5.73 Å². The third kappa shape index (κ3) is 4.61. The first-order chi connectivity index (χ1) is 16.2. The Balaban J connectivity index is 0.00000274. The highest BCUT2D eigenvalue weighted by Crippen LogP contribution is 2.37. The second-order valence-corrected chi connectivity index (χ2v) is 9.11. The summed E-state index contributed by atoms with van der Waals surface area (Å²) < 4.78 is 0. The highest BCUT2D eigenvalue weighted by molar-refractivity contribution is 5.89. The van der Waals surface area contributed by atoms with Crippen molar-refractivity contribution in [1.29, 1.82) is 0 Å². The maximum atomic E-state index is 12.5. The van der Waals surface area contributed by atoms with Gasteiger partial charge in [-0.3, -0.25) is 4.79 Å². The Hall–Kier alpha value is -3.08. The lowest BCUT2D eigenvalue weighted by molar-refractivity contribution is -0.125. The Morgan fingerprint density at radius 3 is 1.85 bits per heavy atom. The molecule has 2 N–H and O–H groups in total. The van der Waals surface area contributed by atoms with Crippen molar-refractivity contribution in [2.45, 2.75) is 24.7 Å². The first-order valence-corrected chi connectivity index (χ1v) is 11.9. The second-order valence-electron chi connectivity index (χ2n) is 9.11. The first-order valence-electron chi connectivity index (χ1n) is 11.9. The number of amides is 1. The van der Waals surface area contributed by atoms with Gasteiger partial charge in [0, 0.05) is 17.9 Å². The summed E-state index contributed by atoms with van der Waals surface area (Å²) in [6, 6.07) is 27.3. The number of halogens is 1. The van der Waals surface area contributed by atoms with Gasteiger partial charge in [0.25, 0.3) is 0 Å². The monoisotopic (exact) mass is 473 g/mol. The lowest BCUT2D eigenvalue weighted by Gasteiger charge is -2.40. The van der Waals surface area contributed by atoms with Crippen molar-refractivity contribution in [2.75, 3.05) is 31.1 Å². The minimum Gasteiger partial charge on any atom is -0.369 e. The van der Waals surface area contributed by atoms with Crippen molar-refractivity contribution in [1.82, 2.24) is 4.90 Å². The summed E-state index contributed by atoms with van der Waals surface area (Å²) in [5, 5.41) is 0. The third-order valence-electron chi connectivity index (χ3n) is 7.26. The molecule has 176 valence electrons. The number of rotatable bonds is 6. The van der Waals surface area contributed by atoms with Crippen LogP contribution in [0.4, 0.5) is 11.4 Å². The number of carbonyl (C=O) groups is 1. The summed E-state index contributed by atoms with van der Waals surface area (Å²) in [6.45, 7) is 3.75. The molecule has 0 radical (unpaired) electrons. The van der Waals surface area contributed by atoms with Gasteiger partial charge in [-0.2, -0.15) is 0 Å². The highest BCUT2D eigenvalue weighted by atomic mass is 35.5. The van der Waals surface area contributed by atoms with Crippen LogP contribution in [0.1, 0.15) is 36.0 Å². The second kappa shape index (κ2) is 10.5. The molecule has 2 aliphatic rings. The van der Waals surface area contributed by atoms with Gasteiger partial charge in [-0.05, 0) is 67.7 Å². The zero-order valence-electron chi connectivity index (χ0n) is 19.4. The molecule has 2 aliphatic heterocycles. The predicted octanol–water partition coefficient (Wildman–Crippen LogP) is 5.64. The molecule has 3 aromatic rings. The summed E-state index contributed by atoms with van der Waals surface area (Å²) >= 11 is 0. The molecule has 0 aliphatic carbocycles. The minimum atomic E-state index is -0.536. The smallest absolute Gasteiger partial charge is 0.228 e. The summed E-state index contributed by atoms with van der Waals surface area (Å²) in [4.78, 5) is 17.4. The summed E-state index contributed by atoms with van der Waals surface area (Å²) in [7, 11) is 0. The van der Waals surface area contributed by atoms with Crippen LogP contribution in [0.3, 0.4) is 0 Å². The van der Waals surface area contributed by atoms with Gasteiger partial charge < -0.3 is 15.5 Å². The fraction of sp³-hybridized carbons (Fsp3) is 0.276. The summed E-state index contributed by atoms with van der Waals surface area (Å²) in [5.74, 6) is -0.196. The standard InChI is InChI=1S/C29H31N3O.ClH/c30-28(33)29(25-11-2-1-3-12-25)17-21-31(22-18-29)19-8-20-32-26-13-6-4-9-23(26)15-16-24-10-5-7-14-27(24)32;/h1-7,9-16H,8,17-22H2,(H2,30,33);1H. The van der Waals surface area contributed by atoms with Crippen molar-refractivity contribution < 1.29 is 4.79 Å². The molecule has 0 bridgehead atoms. The van der Waals surface area contributed by atoms with E-state index in [1.165, 1.54) is 22.5 Å². The van der Waals surface area contributed by atoms with Crippen molar-refractivity contribution in [3.8, 4) is 0 Å². The topological polar surface area (TPSA) is 49.6 Å². The molecule has 4 nitrogen and oxygen atoms in total. The van der Waals surface area contributed by atoms with Gasteiger partial charge >= 0.3 is 0 Å². The van der Waals surface area contributed by atoms with Crippen LogP contribution >= 0.6 is 12.4 Å². The number of carbonyl (C=O) groups excluding carboxylic acids is 1. The van der Waals surface area contributed by atoms with Crippen LogP contribution in [0.15, 0.2) is 78.9 Å². The van der Waals surface area contributed by atoms with E-state index in [0.717, 1.165) is 51.0 Å². The van der Waals surface area contributed by atoms with E-state index in [2.05, 4.69) is 70.5 Å². The Labute approximate surface area is 208 Å². The van der Waals surface area contributed by atoms with E-state index >= 15 is 0 Å². The number of anilines is 2. The normalized spacial score (nSPS) is 16.6. The zero-order valence-corrected chi connectivity index (χ0v) is 20.2. The fourth-order valence-corrected chi connectivity index (χ4v) is 5.34. The van der Waals surface area contributed by atoms with Crippen LogP contribution < -0.4 is 10.6 Å². The number of piperidine rings is 1. The average molecular weight is 474 g/mol. The number of likely N-dealkylation sites (tertiary alicyclic amines) is 1. The van der Waals surface area contributed by atoms with Gasteiger partial charge in [-0.25, -0.2) is 0 Å². The van der Waals surface area contributed by atoms with Gasteiger partial charge in [0.1, 0.15) is 0 Å². The molecule has 0 spiro atoms. The number of nitrogens with two attached hydrogens (primary N) is 1. The molecule has 1 saturated heterocycles. The molecule has 0 saturated carbocycles. The molecule has 2 heterocycles. The molecule has 5 heteroatoms. The lowest BCUT2D eigenvalue weighted by Crippen LogP contribution is -2.50. The molecule has 1 fully saturated rings. The molecule has 3 aromatic carbocycles. The van der Waals surface area contributed by atoms with Crippen LogP contribution in [0, 0.1) is 0 Å². The molecule has 34 heavy (non-hydrogen) atoms. The van der Waals surface area contributed by atoms with Gasteiger partial charge in [0.05, 0.1) is 5.41 Å². The quantitative estimate of drug-likeness (QED) is 0.504. The van der Waals surface area contributed by atoms with Crippen LogP contribution in [0.2, 0.25) is 0 Å². The van der Waals surface area contributed by atoms with Crippen LogP contribution in [0.25, 0.3) is 12.2 Å². The number of fused-ring (bicyclic) bond motifs is 2. The Morgan fingerprint density at radius 2 is 1.29 bits per heavy atom. The van der Waals surface area contributed by atoms with E-state index in [9.17, 15) is 4.79 Å². The molecule has 0 aromatic heterocycles. The predicted molar refractivity (Wildman–Crippen MR) is 144 cm³/mol. The fourth-order valence-electron chi connectivity index (χ4n) is 5.34.